The summed E-state index contributed by atoms with van der Waals surface area (Å²) in [5.41, 5.74) is 2.47. The number of benzene rings is 3. The maximum absolute atomic E-state index is 12.9. The summed E-state index contributed by atoms with van der Waals surface area (Å²) in [4.78, 5) is 41.7. The van der Waals surface area contributed by atoms with Crippen molar-refractivity contribution in [3.8, 4) is 5.75 Å². The number of thioether (sulfide) groups is 1. The van der Waals surface area contributed by atoms with Gasteiger partial charge in [-0.2, -0.15) is 0 Å². The summed E-state index contributed by atoms with van der Waals surface area (Å²) in [5, 5.41) is 18.7. The summed E-state index contributed by atoms with van der Waals surface area (Å²) in [5.74, 6) is -1.54. The van der Waals surface area contributed by atoms with Gasteiger partial charge < -0.3 is 14.9 Å². The maximum Gasteiger partial charge on any atom is 0.335 e. The molecule has 0 spiro atoms. The molecule has 0 radical (unpaired) electrons. The van der Waals surface area contributed by atoms with Crippen LogP contribution in [0.1, 0.15) is 38.8 Å². The third kappa shape index (κ3) is 5.81. The molecule has 0 saturated carbocycles. The molecular formula is C27H22N2O6S. The van der Waals surface area contributed by atoms with Gasteiger partial charge in [0.2, 0.25) is 0 Å². The number of carbonyl (C=O) groups is 3. The van der Waals surface area contributed by atoms with Crippen LogP contribution >= 0.6 is 11.8 Å². The molecule has 0 bridgehead atoms. The van der Waals surface area contributed by atoms with Crippen LogP contribution < -0.4 is 4.74 Å². The van der Waals surface area contributed by atoms with Crippen LogP contribution in [-0.2, 0) is 11.4 Å². The number of hydrogen-bond acceptors (Lipinski definition) is 6. The highest BCUT2D eigenvalue weighted by Gasteiger charge is 2.32. The Morgan fingerprint density at radius 3 is 2.31 bits per heavy atom. The van der Waals surface area contributed by atoms with Crippen LogP contribution in [0.5, 0.6) is 5.75 Å². The van der Waals surface area contributed by atoms with Gasteiger partial charge >= 0.3 is 11.9 Å². The van der Waals surface area contributed by atoms with Crippen molar-refractivity contribution in [2.45, 2.75) is 13.5 Å². The lowest BCUT2D eigenvalue weighted by molar-refractivity contribution is -0.122. The molecule has 0 aromatic heterocycles. The van der Waals surface area contributed by atoms with Gasteiger partial charge in [0.1, 0.15) is 12.4 Å². The second-order valence-corrected chi connectivity index (χ2v) is 8.78. The minimum Gasteiger partial charge on any atom is -0.489 e. The van der Waals surface area contributed by atoms with Crippen molar-refractivity contribution < 1.29 is 29.3 Å². The zero-order chi connectivity index (χ0) is 25.7. The van der Waals surface area contributed by atoms with Crippen LogP contribution in [0, 0.1) is 0 Å². The van der Waals surface area contributed by atoms with Crippen LogP contribution in [0.3, 0.4) is 0 Å². The second-order valence-electron chi connectivity index (χ2n) is 7.77. The van der Waals surface area contributed by atoms with Crippen molar-refractivity contribution >= 4 is 46.5 Å². The number of ether oxygens (including phenoxy) is 1. The van der Waals surface area contributed by atoms with Crippen molar-refractivity contribution in [1.82, 2.24) is 4.90 Å². The minimum absolute atomic E-state index is 0.129. The fourth-order valence-electron chi connectivity index (χ4n) is 3.41. The number of hydrogen-bond donors (Lipinski definition) is 2. The molecule has 36 heavy (non-hydrogen) atoms. The predicted octanol–water partition coefficient (Wildman–Crippen LogP) is 5.29. The molecule has 182 valence electrons. The number of rotatable bonds is 8. The largest absolute Gasteiger partial charge is 0.489 e. The Labute approximate surface area is 211 Å². The van der Waals surface area contributed by atoms with E-state index >= 15 is 0 Å². The molecule has 1 saturated heterocycles. The fourth-order valence-corrected chi connectivity index (χ4v) is 4.47. The molecular weight excluding hydrogens is 480 g/mol. The number of aromatic carboxylic acids is 2. The standard InChI is InChI=1S/C27H22N2O6S/c1-2-29-24(30)23(36-27(29)28-21-5-3-4-20(15-21)26(33)34)14-17-8-12-22(13-9-17)35-16-18-6-10-19(11-7-18)25(31)32/h3-15H,2,16H2,1H3,(H,31,32)(H,33,34)/b23-14-,28-27?. The molecule has 1 fully saturated rings. The number of carbonyl (C=O) groups excluding carboxylic acids is 1. The lowest BCUT2D eigenvalue weighted by Gasteiger charge is -2.12. The number of amidine groups is 1. The lowest BCUT2D eigenvalue weighted by Crippen LogP contribution is -2.28. The molecule has 4 rings (SSSR count). The normalized spacial score (nSPS) is 15.5. The molecule has 1 heterocycles. The summed E-state index contributed by atoms with van der Waals surface area (Å²) >= 11 is 1.24. The zero-order valence-electron chi connectivity index (χ0n) is 19.2. The summed E-state index contributed by atoms with van der Waals surface area (Å²) in [6, 6.07) is 20.0. The molecule has 1 amide bonds. The van der Waals surface area contributed by atoms with Crippen LogP contribution in [0.4, 0.5) is 5.69 Å². The number of carboxylic acid groups (broad SMARTS) is 2. The monoisotopic (exact) mass is 502 g/mol. The van der Waals surface area contributed by atoms with Crippen LogP contribution in [0.15, 0.2) is 82.7 Å². The topological polar surface area (TPSA) is 117 Å². The Kier molecular flexibility index (Phi) is 7.50. The molecule has 3 aromatic rings. The van der Waals surface area contributed by atoms with E-state index in [1.807, 2.05) is 19.1 Å². The first kappa shape index (κ1) is 24.7. The molecule has 2 N–H and O–H groups in total. The zero-order valence-corrected chi connectivity index (χ0v) is 20.1. The van der Waals surface area contributed by atoms with Crippen molar-refractivity contribution in [2.75, 3.05) is 6.54 Å². The van der Waals surface area contributed by atoms with E-state index in [1.54, 1.807) is 47.4 Å². The van der Waals surface area contributed by atoms with Gasteiger partial charge in [-0.15, -0.1) is 0 Å². The van der Waals surface area contributed by atoms with Gasteiger partial charge in [-0.3, -0.25) is 9.69 Å². The molecule has 1 aliphatic rings. The van der Waals surface area contributed by atoms with Gasteiger partial charge in [0.05, 0.1) is 21.7 Å². The quantitative estimate of drug-likeness (QED) is 0.402. The Balaban J connectivity index is 1.45. The Bertz CT molecular complexity index is 1360. The maximum atomic E-state index is 12.9. The van der Waals surface area contributed by atoms with E-state index in [0.29, 0.717) is 34.7 Å². The van der Waals surface area contributed by atoms with E-state index in [4.69, 9.17) is 9.84 Å². The van der Waals surface area contributed by atoms with Crippen LogP contribution in [0.25, 0.3) is 6.08 Å². The first-order valence-electron chi connectivity index (χ1n) is 11.0. The number of amides is 1. The number of nitrogens with zero attached hydrogens (tertiary/aromatic N) is 2. The van der Waals surface area contributed by atoms with Crippen molar-refractivity contribution in [3.63, 3.8) is 0 Å². The van der Waals surface area contributed by atoms with E-state index < -0.39 is 11.9 Å². The van der Waals surface area contributed by atoms with E-state index in [9.17, 15) is 19.5 Å². The molecule has 1 aliphatic heterocycles. The van der Waals surface area contributed by atoms with Crippen LogP contribution in [-0.4, -0.2) is 44.7 Å². The van der Waals surface area contributed by atoms with Gasteiger partial charge in [-0.1, -0.05) is 30.3 Å². The van der Waals surface area contributed by atoms with Gasteiger partial charge in [0.15, 0.2) is 5.17 Å². The first-order chi connectivity index (χ1) is 17.3. The van der Waals surface area contributed by atoms with Gasteiger partial charge in [-0.25, -0.2) is 14.6 Å². The Morgan fingerprint density at radius 1 is 0.972 bits per heavy atom. The van der Waals surface area contributed by atoms with Gasteiger partial charge in [0, 0.05) is 6.54 Å². The van der Waals surface area contributed by atoms with Gasteiger partial charge in [0.25, 0.3) is 5.91 Å². The van der Waals surface area contributed by atoms with Crippen LogP contribution in [0.2, 0.25) is 0 Å². The number of aliphatic imine (C=N–C) groups is 1. The van der Waals surface area contributed by atoms with Gasteiger partial charge in [-0.05, 0) is 78.4 Å². The highest BCUT2D eigenvalue weighted by molar-refractivity contribution is 8.18. The third-order valence-corrected chi connectivity index (χ3v) is 6.31. The first-order valence-corrected chi connectivity index (χ1v) is 11.8. The Hall–Kier alpha value is -4.37. The van der Waals surface area contributed by atoms with Crippen molar-refractivity contribution in [1.29, 1.82) is 0 Å². The minimum atomic E-state index is -1.04. The average molecular weight is 503 g/mol. The summed E-state index contributed by atoms with van der Waals surface area (Å²) in [7, 11) is 0. The predicted molar refractivity (Wildman–Crippen MR) is 138 cm³/mol. The SMILES string of the molecule is CCN1C(=O)/C(=C/c2ccc(OCc3ccc(C(=O)O)cc3)cc2)SC1=Nc1cccc(C(=O)O)c1. The molecule has 0 unspecified atom stereocenters. The van der Waals surface area contributed by atoms with E-state index in [-0.39, 0.29) is 17.0 Å². The molecule has 3 aromatic carbocycles. The van der Waals surface area contributed by atoms with Crippen molar-refractivity contribution in [3.05, 3.63) is 100.0 Å². The fraction of sp³-hybridized carbons (Fsp3) is 0.111. The molecule has 0 aliphatic carbocycles. The highest BCUT2D eigenvalue weighted by Crippen LogP contribution is 2.34. The highest BCUT2D eigenvalue weighted by atomic mass is 32.2. The summed E-state index contributed by atoms with van der Waals surface area (Å²) in [6.07, 6.45) is 1.78. The summed E-state index contributed by atoms with van der Waals surface area (Å²) < 4.78 is 5.77. The Morgan fingerprint density at radius 2 is 1.67 bits per heavy atom. The molecule has 9 heteroatoms. The third-order valence-electron chi connectivity index (χ3n) is 5.31. The second kappa shape index (κ2) is 10.9. The molecule has 8 nitrogen and oxygen atoms in total. The average Bonchev–Trinajstić information content (AvgIpc) is 3.17. The van der Waals surface area contributed by atoms with E-state index in [0.717, 1.165) is 11.1 Å². The lowest BCUT2D eigenvalue weighted by atomic mass is 10.1. The summed E-state index contributed by atoms with van der Waals surface area (Å²) in [6.45, 7) is 2.58. The number of likely N-dealkylation sites (N-methyl/N-ethyl adjacent to an activating group) is 1. The van der Waals surface area contributed by atoms with E-state index in [2.05, 4.69) is 4.99 Å². The number of carboxylic acids is 2. The molecule has 0 atom stereocenters. The smallest absolute Gasteiger partial charge is 0.335 e. The van der Waals surface area contributed by atoms with Crippen molar-refractivity contribution in [2.24, 2.45) is 4.99 Å². The van der Waals surface area contributed by atoms with E-state index in [1.165, 1.54) is 36.0 Å².